The molecule has 0 amide bonds. The normalized spacial score (nSPS) is 20.2. The van der Waals surface area contributed by atoms with Crippen LogP contribution in [0.2, 0.25) is 0 Å². The van der Waals surface area contributed by atoms with E-state index in [2.05, 4.69) is 13.8 Å². The summed E-state index contributed by atoms with van der Waals surface area (Å²) in [5.41, 5.74) is 2.85. The van der Waals surface area contributed by atoms with Gasteiger partial charge < -0.3 is 4.42 Å². The smallest absolute Gasteiger partial charge is 0.336 e. The monoisotopic (exact) mass is 190 g/mol. The zero-order chi connectivity index (χ0) is 10.3. The van der Waals surface area contributed by atoms with Gasteiger partial charge in [-0.1, -0.05) is 12.5 Å². The highest BCUT2D eigenvalue weighted by Gasteiger charge is 2.10. The molecule has 2 rings (SSSR count). The highest BCUT2D eigenvalue weighted by molar-refractivity contribution is 5.50. The van der Waals surface area contributed by atoms with Crippen LogP contribution in [0.25, 0.3) is 11.6 Å². The van der Waals surface area contributed by atoms with Crippen molar-refractivity contribution in [3.63, 3.8) is 0 Å². The molecular weight excluding hydrogens is 176 g/mol. The molecule has 0 saturated carbocycles. The summed E-state index contributed by atoms with van der Waals surface area (Å²) < 4.78 is 5.19. The summed E-state index contributed by atoms with van der Waals surface area (Å²) in [7, 11) is 0. The van der Waals surface area contributed by atoms with Crippen LogP contribution in [0.1, 0.15) is 25.8 Å². The van der Waals surface area contributed by atoms with Crippen LogP contribution in [0.5, 0.6) is 0 Å². The Morgan fingerprint density at radius 1 is 1.43 bits per heavy atom. The summed E-state index contributed by atoms with van der Waals surface area (Å²) in [5.74, 6) is 0.465. The first-order valence-corrected chi connectivity index (χ1v) is 4.90. The van der Waals surface area contributed by atoms with Crippen molar-refractivity contribution in [2.75, 3.05) is 0 Å². The molecule has 1 aromatic heterocycles. The van der Waals surface area contributed by atoms with Gasteiger partial charge >= 0.3 is 5.63 Å². The number of aryl methyl sites for hydroxylation is 1. The Morgan fingerprint density at radius 2 is 2.14 bits per heavy atom. The largest absolute Gasteiger partial charge is 0.423 e. The van der Waals surface area contributed by atoms with Crippen molar-refractivity contribution in [1.82, 2.24) is 0 Å². The number of hydrogen-bond acceptors (Lipinski definition) is 2. The van der Waals surface area contributed by atoms with Gasteiger partial charge in [0.05, 0.1) is 0 Å². The fourth-order valence-electron chi connectivity index (χ4n) is 2.20. The minimum Gasteiger partial charge on any atom is -0.423 e. The third-order valence-corrected chi connectivity index (χ3v) is 2.68. The molecule has 0 bridgehead atoms. The Balaban J connectivity index is 2.96. The Kier molecular flexibility index (Phi) is 2.06. The number of hydrogen-bond donors (Lipinski definition) is 0. The van der Waals surface area contributed by atoms with Crippen molar-refractivity contribution in [2.45, 2.75) is 27.2 Å². The Labute approximate surface area is 82.6 Å². The number of fused-ring (bicyclic) bond motifs is 1. The van der Waals surface area contributed by atoms with E-state index >= 15 is 0 Å². The van der Waals surface area contributed by atoms with E-state index < -0.39 is 0 Å². The summed E-state index contributed by atoms with van der Waals surface area (Å²) in [5, 5.41) is 1.13. The Bertz CT molecular complexity index is 534. The second-order valence-electron chi connectivity index (χ2n) is 4.12. The van der Waals surface area contributed by atoms with Gasteiger partial charge in [-0.3, -0.25) is 0 Å². The van der Waals surface area contributed by atoms with E-state index in [9.17, 15) is 4.79 Å². The Morgan fingerprint density at radius 3 is 2.86 bits per heavy atom. The van der Waals surface area contributed by atoms with Crippen LogP contribution >= 0.6 is 0 Å². The third-order valence-electron chi connectivity index (χ3n) is 2.68. The van der Waals surface area contributed by atoms with E-state index in [4.69, 9.17) is 4.42 Å². The summed E-state index contributed by atoms with van der Waals surface area (Å²) >= 11 is 0. The first-order valence-electron chi connectivity index (χ1n) is 4.90. The molecule has 0 saturated heterocycles. The first kappa shape index (κ1) is 9.25. The molecule has 1 unspecified atom stereocenters. The summed E-state index contributed by atoms with van der Waals surface area (Å²) in [6.07, 6.45) is 3.10. The summed E-state index contributed by atoms with van der Waals surface area (Å²) in [6, 6.07) is 1.56. The van der Waals surface area contributed by atoms with Crippen LogP contribution in [0.3, 0.4) is 0 Å². The molecule has 0 fully saturated rings. The lowest BCUT2D eigenvalue weighted by Crippen LogP contribution is -2.36. The van der Waals surface area contributed by atoms with Gasteiger partial charge in [-0.05, 0) is 37.8 Å². The first-order chi connectivity index (χ1) is 6.58. The van der Waals surface area contributed by atoms with Crippen molar-refractivity contribution in [2.24, 2.45) is 5.92 Å². The molecular formula is C12H14O2. The molecule has 1 aliphatic carbocycles. The zero-order valence-electron chi connectivity index (χ0n) is 8.76. The lowest BCUT2D eigenvalue weighted by Gasteiger charge is -2.12. The molecule has 1 aliphatic rings. The maximum atomic E-state index is 11.2. The van der Waals surface area contributed by atoms with Gasteiger partial charge in [0.25, 0.3) is 0 Å². The highest BCUT2D eigenvalue weighted by Crippen LogP contribution is 2.13. The zero-order valence-corrected chi connectivity index (χ0v) is 8.76. The van der Waals surface area contributed by atoms with E-state index in [1.54, 1.807) is 6.07 Å². The molecule has 0 spiro atoms. The van der Waals surface area contributed by atoms with Gasteiger partial charge in [0.15, 0.2) is 0 Å². The van der Waals surface area contributed by atoms with E-state index in [0.29, 0.717) is 5.92 Å². The average molecular weight is 190 g/mol. The van der Waals surface area contributed by atoms with Crippen LogP contribution in [0.15, 0.2) is 15.3 Å². The van der Waals surface area contributed by atoms with Gasteiger partial charge in [0.1, 0.15) is 5.42 Å². The van der Waals surface area contributed by atoms with Crippen LogP contribution < -0.4 is 16.3 Å². The lowest BCUT2D eigenvalue weighted by atomic mass is 9.94. The van der Waals surface area contributed by atoms with E-state index in [1.807, 2.05) is 13.0 Å². The van der Waals surface area contributed by atoms with Gasteiger partial charge in [0, 0.05) is 11.3 Å². The van der Waals surface area contributed by atoms with Gasteiger partial charge in [-0.2, -0.15) is 0 Å². The molecule has 0 radical (unpaired) electrons. The van der Waals surface area contributed by atoms with Crippen molar-refractivity contribution in [1.29, 1.82) is 0 Å². The molecule has 1 aromatic rings. The van der Waals surface area contributed by atoms with Crippen molar-refractivity contribution in [3.8, 4) is 0 Å². The quantitative estimate of drug-likeness (QED) is 0.609. The second-order valence-corrected chi connectivity index (χ2v) is 4.12. The predicted molar refractivity (Wildman–Crippen MR) is 56.3 cm³/mol. The molecule has 14 heavy (non-hydrogen) atoms. The second kappa shape index (κ2) is 3.12. The minimum atomic E-state index is -0.251. The molecule has 2 heteroatoms. The Hall–Kier alpha value is -1.31. The van der Waals surface area contributed by atoms with Crippen molar-refractivity contribution >= 4 is 11.6 Å². The topological polar surface area (TPSA) is 30.2 Å². The highest BCUT2D eigenvalue weighted by atomic mass is 16.4. The predicted octanol–water partition coefficient (Wildman–Crippen LogP) is 0.939. The van der Waals surface area contributed by atoms with Crippen LogP contribution in [0, 0.1) is 12.8 Å². The molecule has 1 atom stereocenters. The fourth-order valence-corrected chi connectivity index (χ4v) is 2.20. The van der Waals surface area contributed by atoms with E-state index in [0.717, 1.165) is 22.6 Å². The lowest BCUT2D eigenvalue weighted by molar-refractivity contribution is 0.464. The van der Waals surface area contributed by atoms with Gasteiger partial charge in [0.2, 0.25) is 0 Å². The van der Waals surface area contributed by atoms with Gasteiger partial charge in [-0.25, -0.2) is 4.79 Å². The van der Waals surface area contributed by atoms with Crippen LogP contribution in [0.4, 0.5) is 0 Å². The molecule has 0 aliphatic heterocycles. The summed E-state index contributed by atoms with van der Waals surface area (Å²) in [4.78, 5) is 11.2. The van der Waals surface area contributed by atoms with E-state index in [-0.39, 0.29) is 5.63 Å². The molecule has 74 valence electrons. The SMILES string of the molecule is CC1=c2c(C)cc(=O)oc2=CC(C)C1. The minimum absolute atomic E-state index is 0.251. The summed E-state index contributed by atoms with van der Waals surface area (Å²) in [6.45, 7) is 6.20. The fraction of sp³-hybridized carbons (Fsp3) is 0.417. The van der Waals surface area contributed by atoms with Crippen LogP contribution in [-0.2, 0) is 0 Å². The molecule has 0 aromatic carbocycles. The molecule has 0 N–H and O–H groups in total. The maximum absolute atomic E-state index is 11.2. The third kappa shape index (κ3) is 1.41. The van der Waals surface area contributed by atoms with E-state index in [1.165, 1.54) is 5.57 Å². The molecule has 1 heterocycles. The standard InChI is InChI=1S/C12H14O2/c1-7-4-8(2)12-9(3)6-11(13)14-10(12)5-7/h5-7H,4H2,1-3H3. The van der Waals surface area contributed by atoms with Gasteiger partial charge in [-0.15, -0.1) is 0 Å². The van der Waals surface area contributed by atoms with Crippen LogP contribution in [-0.4, -0.2) is 0 Å². The van der Waals surface area contributed by atoms with Crippen molar-refractivity contribution < 1.29 is 4.42 Å². The molecule has 2 nitrogen and oxygen atoms in total. The maximum Gasteiger partial charge on any atom is 0.336 e. The number of rotatable bonds is 0. The van der Waals surface area contributed by atoms with Crippen molar-refractivity contribution in [3.05, 3.63) is 32.7 Å². The average Bonchev–Trinajstić information content (AvgIpc) is 1.99.